The minimum absolute atomic E-state index is 0. The molecule has 2 unspecified atom stereocenters. The molecule has 0 spiro atoms. The van der Waals surface area contributed by atoms with Crippen LogP contribution in [-0.2, 0) is 11.3 Å². The number of hydrogen-bond acceptors (Lipinski definition) is 3. The van der Waals surface area contributed by atoms with Gasteiger partial charge in [0.1, 0.15) is 6.54 Å². The number of aromatic nitrogens is 2. The van der Waals surface area contributed by atoms with Crippen molar-refractivity contribution in [2.24, 2.45) is 17.6 Å². The van der Waals surface area contributed by atoms with Gasteiger partial charge in [0.2, 0.25) is 5.91 Å². The third-order valence-electron chi connectivity index (χ3n) is 3.63. The Morgan fingerprint density at radius 3 is 2.94 bits per heavy atom. The molecule has 0 aliphatic carbocycles. The molecule has 1 amide bonds. The zero-order valence-corrected chi connectivity index (χ0v) is 11.5. The SMILES string of the molecule is CC1CCN(C(=O)Cn2cccn2)CC1CN.Cl. The Hall–Kier alpha value is -1.07. The first-order chi connectivity index (χ1) is 8.20. The zero-order valence-electron chi connectivity index (χ0n) is 10.7. The van der Waals surface area contributed by atoms with Crippen molar-refractivity contribution < 1.29 is 4.79 Å². The maximum atomic E-state index is 12.1. The molecule has 5 nitrogen and oxygen atoms in total. The summed E-state index contributed by atoms with van der Waals surface area (Å²) < 4.78 is 1.66. The molecule has 102 valence electrons. The maximum absolute atomic E-state index is 12.1. The number of amides is 1. The molecule has 2 atom stereocenters. The third-order valence-corrected chi connectivity index (χ3v) is 3.63. The van der Waals surface area contributed by atoms with E-state index in [0.29, 0.717) is 24.9 Å². The van der Waals surface area contributed by atoms with Crippen LogP contribution in [0.2, 0.25) is 0 Å². The standard InChI is InChI=1S/C12H20N4O.ClH/c1-10-3-6-15(8-11(10)7-13)12(17)9-16-5-2-4-14-16;/h2,4-5,10-11H,3,6-9,13H2,1H3;1H. The van der Waals surface area contributed by atoms with Crippen molar-refractivity contribution in [3.63, 3.8) is 0 Å². The summed E-state index contributed by atoms with van der Waals surface area (Å²) in [6, 6.07) is 1.83. The van der Waals surface area contributed by atoms with Gasteiger partial charge in [-0.3, -0.25) is 9.48 Å². The largest absolute Gasteiger partial charge is 0.341 e. The Morgan fingerprint density at radius 2 is 2.33 bits per heavy atom. The molecule has 0 bridgehead atoms. The van der Waals surface area contributed by atoms with Crippen molar-refractivity contribution in [1.29, 1.82) is 0 Å². The molecule has 1 aromatic heterocycles. The lowest BCUT2D eigenvalue weighted by Gasteiger charge is -2.36. The van der Waals surface area contributed by atoms with Gasteiger partial charge < -0.3 is 10.6 Å². The molecule has 0 radical (unpaired) electrons. The van der Waals surface area contributed by atoms with E-state index in [1.54, 1.807) is 10.9 Å². The molecule has 0 saturated carbocycles. The number of piperidine rings is 1. The van der Waals surface area contributed by atoms with Crippen molar-refractivity contribution >= 4 is 18.3 Å². The zero-order chi connectivity index (χ0) is 12.3. The highest BCUT2D eigenvalue weighted by atomic mass is 35.5. The van der Waals surface area contributed by atoms with E-state index in [1.165, 1.54) is 0 Å². The van der Waals surface area contributed by atoms with Gasteiger partial charge in [-0.05, 0) is 30.9 Å². The second-order valence-electron chi connectivity index (χ2n) is 4.81. The van der Waals surface area contributed by atoms with Crippen LogP contribution in [0.1, 0.15) is 13.3 Å². The first-order valence-corrected chi connectivity index (χ1v) is 6.16. The van der Waals surface area contributed by atoms with Crippen LogP contribution in [0.25, 0.3) is 0 Å². The molecular weight excluding hydrogens is 252 g/mol. The summed E-state index contributed by atoms with van der Waals surface area (Å²) in [6.07, 6.45) is 4.55. The molecule has 1 saturated heterocycles. The van der Waals surface area contributed by atoms with E-state index in [2.05, 4.69) is 12.0 Å². The topological polar surface area (TPSA) is 64.2 Å². The third kappa shape index (κ3) is 3.46. The minimum atomic E-state index is 0. The van der Waals surface area contributed by atoms with Gasteiger partial charge >= 0.3 is 0 Å². The Labute approximate surface area is 114 Å². The van der Waals surface area contributed by atoms with Crippen LogP contribution in [0.5, 0.6) is 0 Å². The lowest BCUT2D eigenvalue weighted by Crippen LogP contribution is -2.46. The number of nitrogens with two attached hydrogens (primary N) is 1. The molecule has 1 aromatic rings. The molecule has 0 aromatic carbocycles. The molecule has 1 aliphatic heterocycles. The number of hydrogen-bond donors (Lipinski definition) is 1. The molecule has 1 fully saturated rings. The smallest absolute Gasteiger partial charge is 0.244 e. The van der Waals surface area contributed by atoms with Crippen LogP contribution in [0.15, 0.2) is 18.5 Å². The van der Waals surface area contributed by atoms with E-state index >= 15 is 0 Å². The Bertz CT molecular complexity index is 368. The van der Waals surface area contributed by atoms with Gasteiger partial charge in [0.15, 0.2) is 0 Å². The maximum Gasteiger partial charge on any atom is 0.244 e. The minimum Gasteiger partial charge on any atom is -0.341 e. The second-order valence-corrected chi connectivity index (χ2v) is 4.81. The predicted octanol–water partition coefficient (Wildman–Crippen LogP) is 0.748. The van der Waals surface area contributed by atoms with Crippen molar-refractivity contribution in [3.05, 3.63) is 18.5 Å². The van der Waals surface area contributed by atoms with Crippen LogP contribution in [0.3, 0.4) is 0 Å². The van der Waals surface area contributed by atoms with E-state index in [9.17, 15) is 4.79 Å². The van der Waals surface area contributed by atoms with Gasteiger partial charge in [0, 0.05) is 25.5 Å². The number of rotatable bonds is 3. The molecule has 2 N–H and O–H groups in total. The fourth-order valence-corrected chi connectivity index (χ4v) is 2.32. The number of halogens is 1. The Kier molecular flexibility index (Phi) is 5.62. The Balaban J connectivity index is 0.00000162. The molecule has 6 heteroatoms. The van der Waals surface area contributed by atoms with Crippen molar-refractivity contribution in [2.75, 3.05) is 19.6 Å². The second kappa shape index (κ2) is 6.75. The average Bonchev–Trinajstić information content (AvgIpc) is 2.82. The summed E-state index contributed by atoms with van der Waals surface area (Å²) >= 11 is 0. The van der Waals surface area contributed by atoms with E-state index in [4.69, 9.17) is 5.73 Å². The van der Waals surface area contributed by atoms with Crippen molar-refractivity contribution in [2.45, 2.75) is 19.9 Å². The van der Waals surface area contributed by atoms with Crippen LogP contribution >= 0.6 is 12.4 Å². The highest BCUT2D eigenvalue weighted by Crippen LogP contribution is 2.22. The van der Waals surface area contributed by atoms with E-state index in [0.717, 1.165) is 19.5 Å². The molecular formula is C12H21ClN4O. The number of likely N-dealkylation sites (tertiary alicyclic amines) is 1. The van der Waals surface area contributed by atoms with Crippen molar-refractivity contribution in [3.8, 4) is 0 Å². The normalized spacial score (nSPS) is 23.6. The fraction of sp³-hybridized carbons (Fsp3) is 0.667. The fourth-order valence-electron chi connectivity index (χ4n) is 2.32. The first-order valence-electron chi connectivity index (χ1n) is 6.16. The van der Waals surface area contributed by atoms with Gasteiger partial charge in [-0.15, -0.1) is 12.4 Å². The van der Waals surface area contributed by atoms with Gasteiger partial charge in [0.25, 0.3) is 0 Å². The summed E-state index contributed by atoms with van der Waals surface area (Å²) in [4.78, 5) is 14.0. The molecule has 2 rings (SSSR count). The van der Waals surface area contributed by atoms with E-state index in [1.807, 2.05) is 17.2 Å². The van der Waals surface area contributed by atoms with Crippen LogP contribution in [0, 0.1) is 11.8 Å². The highest BCUT2D eigenvalue weighted by Gasteiger charge is 2.27. The van der Waals surface area contributed by atoms with E-state index < -0.39 is 0 Å². The van der Waals surface area contributed by atoms with Crippen LogP contribution in [0.4, 0.5) is 0 Å². The summed E-state index contributed by atoms with van der Waals surface area (Å²) in [7, 11) is 0. The number of nitrogens with zero attached hydrogens (tertiary/aromatic N) is 3. The first kappa shape index (κ1) is 15.0. The number of carbonyl (C=O) groups is 1. The van der Waals surface area contributed by atoms with E-state index in [-0.39, 0.29) is 18.3 Å². The van der Waals surface area contributed by atoms with Crippen LogP contribution in [-0.4, -0.2) is 40.2 Å². The molecule has 18 heavy (non-hydrogen) atoms. The quantitative estimate of drug-likeness (QED) is 0.883. The lowest BCUT2D eigenvalue weighted by molar-refractivity contribution is -0.134. The van der Waals surface area contributed by atoms with Crippen molar-refractivity contribution in [1.82, 2.24) is 14.7 Å². The van der Waals surface area contributed by atoms with Gasteiger partial charge in [-0.1, -0.05) is 6.92 Å². The highest BCUT2D eigenvalue weighted by molar-refractivity contribution is 5.85. The van der Waals surface area contributed by atoms with Gasteiger partial charge in [-0.2, -0.15) is 5.10 Å². The van der Waals surface area contributed by atoms with Gasteiger partial charge in [-0.25, -0.2) is 0 Å². The lowest BCUT2D eigenvalue weighted by atomic mass is 9.87. The summed E-state index contributed by atoms with van der Waals surface area (Å²) in [5.41, 5.74) is 5.74. The van der Waals surface area contributed by atoms with Crippen LogP contribution < -0.4 is 5.73 Å². The summed E-state index contributed by atoms with van der Waals surface area (Å²) in [5.74, 6) is 1.19. The number of carbonyl (C=O) groups excluding carboxylic acids is 1. The monoisotopic (exact) mass is 272 g/mol. The van der Waals surface area contributed by atoms with Gasteiger partial charge in [0.05, 0.1) is 0 Å². The molecule has 2 heterocycles. The molecule has 1 aliphatic rings. The summed E-state index contributed by atoms with van der Waals surface area (Å²) in [5, 5.41) is 4.05. The average molecular weight is 273 g/mol. The predicted molar refractivity (Wildman–Crippen MR) is 72.4 cm³/mol. The summed E-state index contributed by atoms with van der Waals surface area (Å²) in [6.45, 7) is 4.84. The Morgan fingerprint density at radius 1 is 1.56 bits per heavy atom.